The van der Waals surface area contributed by atoms with Crippen molar-refractivity contribution in [1.82, 2.24) is 9.55 Å². The number of esters is 1. The van der Waals surface area contributed by atoms with E-state index in [1.807, 2.05) is 0 Å². The number of benzene rings is 1. The van der Waals surface area contributed by atoms with Gasteiger partial charge in [-0.15, -0.1) is 0 Å². The molecule has 2 aromatic rings. The first-order valence-electron chi connectivity index (χ1n) is 37.4. The molecule has 2 heterocycles. The Morgan fingerprint density at radius 2 is 0.901 bits per heavy atom. The van der Waals surface area contributed by atoms with Crippen molar-refractivity contribution in [2.45, 2.75) is 372 Å². The average molecular weight is 1300 g/mol. The number of carboxylic acids is 1. The van der Waals surface area contributed by atoms with Crippen molar-refractivity contribution in [3.8, 4) is 22.9 Å². The maximum atomic E-state index is 13.8. The Balaban J connectivity index is 1.85. The number of carboxylic acid groups (broad SMARTS) is 1. The fourth-order valence-corrected chi connectivity index (χ4v) is 12.9. The van der Waals surface area contributed by atoms with E-state index in [0.29, 0.717) is 37.1 Å². The van der Waals surface area contributed by atoms with Gasteiger partial charge in [0.05, 0.1) is 19.8 Å². The summed E-state index contributed by atoms with van der Waals surface area (Å²) in [7, 11) is -0.609. The summed E-state index contributed by atoms with van der Waals surface area (Å²) in [4.78, 5) is 53.6. The zero-order chi connectivity index (χ0) is 65.7. The smallest absolute Gasteiger partial charge is 0.486 e. The minimum absolute atomic E-state index is 0.217. The number of ether oxygens (including phenoxy) is 5. The number of rotatable bonds is 62. The molecule has 1 saturated heterocycles. The molecule has 16 heteroatoms. The molecule has 3 rings (SSSR count). The Hall–Kier alpha value is -3.87. The van der Waals surface area contributed by atoms with E-state index in [-0.39, 0.29) is 11.1 Å². The Kier molecular flexibility index (Phi) is 48.6. The molecule has 522 valence electrons. The van der Waals surface area contributed by atoms with Crippen LogP contribution >= 0.6 is 7.92 Å². The summed E-state index contributed by atoms with van der Waals surface area (Å²) in [6.07, 6.45) is 54.8. The number of hydrogen-bond donors (Lipinski definition) is 4. The molecule has 0 amide bonds. The van der Waals surface area contributed by atoms with Crippen molar-refractivity contribution in [2.75, 3.05) is 26.4 Å². The Morgan fingerprint density at radius 1 is 0.560 bits per heavy atom. The fourth-order valence-electron chi connectivity index (χ4n) is 12.7. The van der Waals surface area contributed by atoms with Crippen LogP contribution in [-0.2, 0) is 23.6 Å². The van der Waals surface area contributed by atoms with Gasteiger partial charge in [-0.2, -0.15) is 0 Å². The molecule has 1 unspecified atom stereocenters. The van der Waals surface area contributed by atoms with Crippen LogP contribution in [0.15, 0.2) is 27.9 Å². The third kappa shape index (κ3) is 37.1. The van der Waals surface area contributed by atoms with Crippen LogP contribution in [0.25, 0.3) is 0 Å². The Bertz CT molecular complexity index is 2330. The molecule has 4 N–H and O–H groups in total. The second-order valence-corrected chi connectivity index (χ2v) is 26.8. The van der Waals surface area contributed by atoms with Gasteiger partial charge in [0.25, 0.3) is 0 Å². The summed E-state index contributed by atoms with van der Waals surface area (Å²) in [6, 6.07) is 3.32. The molecular weight excluding hydrogens is 1170 g/mol. The van der Waals surface area contributed by atoms with E-state index in [0.717, 1.165) is 81.4 Å². The monoisotopic (exact) mass is 1300 g/mol. The predicted molar refractivity (Wildman–Crippen MR) is 370 cm³/mol. The minimum Gasteiger partial charge on any atom is -0.486 e. The standard InChI is InChI=1S/C75H129N2O13P/c1-4-7-10-13-16-19-22-25-28-31-34-37-40-43-46-49-54-86-65-57-63(72(90-70(81)53-52-69(79)80)75(84)59-68(89-67(75)61-78)77-60-64(62-91-85)73(82)76-74(77)83)58-66(87-55-50-47-44-41-38-35-32-29-26-23-20-17-14-11-8-5-2)71(65)88-56-51-48-45-42-39-36-33-30-27-24-21-18-15-12-9-6-3/h57-58,60,67-68,72,78,84H,4-56,59,61H2,1-3H3,(H,79,80)(H,76,82,83)/t67-,68-,72?,75+/m1/s1. The summed E-state index contributed by atoms with van der Waals surface area (Å²) in [6.45, 7) is 7.11. The Morgan fingerprint density at radius 3 is 1.23 bits per heavy atom. The molecule has 1 fully saturated rings. The molecule has 0 saturated carbocycles. The van der Waals surface area contributed by atoms with Crippen molar-refractivity contribution in [3.05, 3.63) is 50.3 Å². The number of aliphatic hydroxyl groups is 2. The van der Waals surface area contributed by atoms with Gasteiger partial charge in [-0.1, -0.05) is 310 Å². The molecule has 1 aliphatic heterocycles. The van der Waals surface area contributed by atoms with Crippen LogP contribution in [0.1, 0.15) is 372 Å². The molecule has 0 spiro atoms. The van der Waals surface area contributed by atoms with E-state index >= 15 is 0 Å². The molecule has 1 aliphatic rings. The number of H-pyrrole nitrogens is 1. The number of aromatic amines is 1. The maximum absolute atomic E-state index is 13.8. The van der Waals surface area contributed by atoms with Gasteiger partial charge in [0.2, 0.25) is 0 Å². The fraction of sp³-hybridized carbons (Fsp3) is 0.827. The SMILES string of the molecule is CCCCCCCCCCCCCCCCCCOc1cc(C(OC(=O)CCC(=O)O)[C@]2(O)C[C@H](n3cc(C#P=O)c(=O)[nH]c3=O)O[C@@H]2CO)cc(OCCCCCCCCCCCCCCCCCC)c1OCCCCCCCCCCCCCCCCCC. The zero-order valence-electron chi connectivity index (χ0n) is 57.7. The van der Waals surface area contributed by atoms with Crippen LogP contribution in [0.2, 0.25) is 0 Å². The topological polar surface area (TPSA) is 213 Å². The molecule has 0 aliphatic carbocycles. The second-order valence-electron chi connectivity index (χ2n) is 26.4. The molecule has 1 aromatic heterocycles. The van der Waals surface area contributed by atoms with E-state index in [9.17, 15) is 39.1 Å². The first kappa shape index (κ1) is 81.4. The van der Waals surface area contributed by atoms with Gasteiger partial charge in [0, 0.05) is 0 Å². The van der Waals surface area contributed by atoms with Crippen LogP contribution < -0.4 is 25.5 Å². The Labute approximate surface area is 551 Å². The van der Waals surface area contributed by atoms with Crippen molar-refractivity contribution < 1.29 is 53.2 Å². The van der Waals surface area contributed by atoms with E-state index in [4.69, 9.17) is 23.7 Å². The number of hydrogen-bond acceptors (Lipinski definition) is 12. The van der Waals surface area contributed by atoms with Crippen LogP contribution in [-0.4, -0.2) is 74.9 Å². The van der Waals surface area contributed by atoms with Crippen LogP contribution in [0, 0.1) is 5.63 Å². The summed E-state index contributed by atoms with van der Waals surface area (Å²) >= 11 is 0. The quantitative estimate of drug-likeness (QED) is 0.0276. The van der Waals surface area contributed by atoms with Crippen LogP contribution in [0.3, 0.4) is 0 Å². The first-order valence-corrected chi connectivity index (χ1v) is 38.2. The summed E-state index contributed by atoms with van der Waals surface area (Å²) in [5.74, 6) is -1.10. The number of nitrogens with one attached hydrogen (secondary N) is 1. The molecule has 15 nitrogen and oxygen atoms in total. The van der Waals surface area contributed by atoms with Crippen LogP contribution in [0.4, 0.5) is 0 Å². The number of aromatic nitrogens is 2. The van der Waals surface area contributed by atoms with Gasteiger partial charge < -0.3 is 9.84 Å². The van der Waals surface area contributed by atoms with E-state index in [1.165, 1.54) is 238 Å². The number of unbranched alkanes of at least 4 members (excludes halogenated alkanes) is 45. The average Bonchev–Trinajstić information content (AvgIpc) is 1.68. The number of nitrogens with zero attached hydrogens (tertiary/aromatic N) is 1. The zero-order valence-corrected chi connectivity index (χ0v) is 58.6. The first-order chi connectivity index (χ1) is 44.5. The number of aliphatic carboxylic acids is 1. The van der Waals surface area contributed by atoms with Crippen molar-refractivity contribution in [1.29, 1.82) is 0 Å². The molecule has 0 radical (unpaired) electrons. The van der Waals surface area contributed by atoms with Crippen molar-refractivity contribution >= 4 is 19.9 Å². The van der Waals surface area contributed by atoms with Crippen molar-refractivity contribution in [3.63, 3.8) is 0 Å². The summed E-state index contributed by atoms with van der Waals surface area (Å²) in [5, 5.41) is 33.5. The van der Waals surface area contributed by atoms with Gasteiger partial charge in [-0.05, 0) is 19.3 Å². The van der Waals surface area contributed by atoms with Gasteiger partial charge in [0.1, 0.15) is 0 Å². The van der Waals surface area contributed by atoms with E-state index in [1.54, 1.807) is 12.1 Å². The molecular formula is C75H129N2O13P. The normalized spacial score (nSPS) is 15.8. The van der Waals surface area contributed by atoms with Gasteiger partial charge in [-0.25, -0.2) is 0 Å². The summed E-state index contributed by atoms with van der Waals surface area (Å²) < 4.78 is 44.9. The predicted octanol–water partition coefficient (Wildman–Crippen LogP) is 20.2. The summed E-state index contributed by atoms with van der Waals surface area (Å²) in [5.41, 5.74) is -1.64. The van der Waals surface area contributed by atoms with Crippen LogP contribution in [0.5, 0.6) is 17.2 Å². The molecule has 91 heavy (non-hydrogen) atoms. The van der Waals surface area contributed by atoms with Gasteiger partial charge in [0.15, 0.2) is 0 Å². The van der Waals surface area contributed by atoms with E-state index in [2.05, 4.69) is 31.4 Å². The molecule has 4 atom stereocenters. The minimum atomic E-state index is -2.26. The number of aliphatic hydroxyl groups excluding tert-OH is 1. The van der Waals surface area contributed by atoms with Crippen molar-refractivity contribution in [2.24, 2.45) is 0 Å². The molecule has 1 aromatic carbocycles. The third-order valence-corrected chi connectivity index (χ3v) is 18.7. The number of carbonyl (C=O) groups excluding carboxylic acids is 1. The van der Waals surface area contributed by atoms with Gasteiger partial charge in [-0.3, -0.25) is 4.79 Å². The van der Waals surface area contributed by atoms with Gasteiger partial charge >= 0.3 is 191 Å². The number of carbonyl (C=O) groups is 2. The molecule has 0 bridgehead atoms. The van der Waals surface area contributed by atoms with E-state index < -0.39 is 81.0 Å². The third-order valence-electron chi connectivity index (χ3n) is 18.3. The second kappa shape index (κ2) is 54.4.